The number of carbonyl (C=O) groups is 1. The van der Waals surface area contributed by atoms with Crippen molar-refractivity contribution in [2.45, 2.75) is 13.5 Å². The minimum Gasteiger partial charge on any atom is -0.368 e. The van der Waals surface area contributed by atoms with Gasteiger partial charge in [0, 0.05) is 45.3 Å². The zero-order valence-corrected chi connectivity index (χ0v) is 10.2. The first kappa shape index (κ1) is 11.9. The normalized spacial score (nSPS) is 16.1. The molecule has 1 aliphatic heterocycles. The van der Waals surface area contributed by atoms with Crippen LogP contribution in [0.5, 0.6) is 0 Å². The molecule has 1 aromatic carbocycles. The van der Waals surface area contributed by atoms with Crippen LogP contribution in [0.15, 0.2) is 24.3 Å². The van der Waals surface area contributed by atoms with Crippen molar-refractivity contribution in [3.8, 4) is 0 Å². The first-order valence-electron chi connectivity index (χ1n) is 6.01. The SMILES string of the molecule is CC(=O)N1CCN(c2ccccc2CN)CC1. The van der Waals surface area contributed by atoms with Crippen LogP contribution in [0.25, 0.3) is 0 Å². The number of hydrogen-bond acceptors (Lipinski definition) is 3. The molecule has 0 saturated carbocycles. The molecule has 1 aromatic rings. The Morgan fingerprint density at radius 3 is 2.47 bits per heavy atom. The number of rotatable bonds is 2. The van der Waals surface area contributed by atoms with Gasteiger partial charge in [-0.2, -0.15) is 0 Å². The fraction of sp³-hybridized carbons (Fsp3) is 0.462. The summed E-state index contributed by atoms with van der Waals surface area (Å²) in [6.45, 7) is 5.56. The highest BCUT2D eigenvalue weighted by Crippen LogP contribution is 2.21. The Bertz CT molecular complexity index is 397. The van der Waals surface area contributed by atoms with Crippen molar-refractivity contribution in [1.82, 2.24) is 4.90 Å². The number of para-hydroxylation sites is 1. The summed E-state index contributed by atoms with van der Waals surface area (Å²) in [6.07, 6.45) is 0. The second kappa shape index (κ2) is 5.19. The summed E-state index contributed by atoms with van der Waals surface area (Å²) in [4.78, 5) is 15.5. The third kappa shape index (κ3) is 2.58. The predicted molar refractivity (Wildman–Crippen MR) is 68.8 cm³/mol. The second-order valence-corrected chi connectivity index (χ2v) is 4.33. The molecule has 0 radical (unpaired) electrons. The smallest absolute Gasteiger partial charge is 0.219 e. The predicted octanol–water partition coefficient (Wildman–Crippen LogP) is 0.814. The molecule has 92 valence electrons. The van der Waals surface area contributed by atoms with Gasteiger partial charge in [-0.3, -0.25) is 4.79 Å². The van der Waals surface area contributed by atoms with E-state index in [1.807, 2.05) is 17.0 Å². The van der Waals surface area contributed by atoms with Crippen LogP contribution >= 0.6 is 0 Å². The molecule has 0 atom stereocenters. The molecule has 0 bridgehead atoms. The standard InChI is InChI=1S/C13H19N3O/c1-11(17)15-6-8-16(9-7-15)13-5-3-2-4-12(13)10-14/h2-5H,6-10,14H2,1H3. The minimum absolute atomic E-state index is 0.164. The molecule has 1 fully saturated rings. The first-order valence-corrected chi connectivity index (χ1v) is 6.01. The lowest BCUT2D eigenvalue weighted by Crippen LogP contribution is -2.48. The molecule has 4 heteroatoms. The fourth-order valence-electron chi connectivity index (χ4n) is 2.25. The summed E-state index contributed by atoms with van der Waals surface area (Å²) in [7, 11) is 0. The first-order chi connectivity index (χ1) is 8.22. The van der Waals surface area contributed by atoms with Crippen LogP contribution in [-0.2, 0) is 11.3 Å². The number of nitrogens with two attached hydrogens (primary N) is 1. The van der Waals surface area contributed by atoms with Crippen LogP contribution < -0.4 is 10.6 Å². The van der Waals surface area contributed by atoms with Crippen LogP contribution in [0, 0.1) is 0 Å². The van der Waals surface area contributed by atoms with Crippen LogP contribution in [0.4, 0.5) is 5.69 Å². The van der Waals surface area contributed by atoms with E-state index in [0.717, 1.165) is 26.2 Å². The van der Waals surface area contributed by atoms with Crippen LogP contribution in [-0.4, -0.2) is 37.0 Å². The lowest BCUT2D eigenvalue weighted by atomic mass is 10.1. The third-order valence-corrected chi connectivity index (χ3v) is 3.28. The number of anilines is 1. The summed E-state index contributed by atoms with van der Waals surface area (Å²) in [6, 6.07) is 8.21. The van der Waals surface area contributed by atoms with Gasteiger partial charge in [0.05, 0.1) is 0 Å². The number of benzene rings is 1. The molecule has 0 spiro atoms. The number of amides is 1. The lowest BCUT2D eigenvalue weighted by Gasteiger charge is -2.36. The lowest BCUT2D eigenvalue weighted by molar-refractivity contribution is -0.129. The molecule has 1 heterocycles. The average molecular weight is 233 g/mol. The van der Waals surface area contributed by atoms with Gasteiger partial charge >= 0.3 is 0 Å². The third-order valence-electron chi connectivity index (χ3n) is 3.28. The molecule has 17 heavy (non-hydrogen) atoms. The second-order valence-electron chi connectivity index (χ2n) is 4.33. The van der Waals surface area contributed by atoms with Crippen molar-refractivity contribution in [2.24, 2.45) is 5.73 Å². The van der Waals surface area contributed by atoms with E-state index in [2.05, 4.69) is 17.0 Å². The molecule has 2 N–H and O–H groups in total. The van der Waals surface area contributed by atoms with E-state index in [4.69, 9.17) is 5.73 Å². The highest BCUT2D eigenvalue weighted by molar-refractivity contribution is 5.73. The fourth-order valence-corrected chi connectivity index (χ4v) is 2.25. The van der Waals surface area contributed by atoms with Gasteiger partial charge in [0.2, 0.25) is 5.91 Å². The zero-order valence-electron chi connectivity index (χ0n) is 10.2. The quantitative estimate of drug-likeness (QED) is 0.822. The van der Waals surface area contributed by atoms with Crippen molar-refractivity contribution >= 4 is 11.6 Å². The van der Waals surface area contributed by atoms with Gasteiger partial charge in [-0.15, -0.1) is 0 Å². The highest BCUT2D eigenvalue weighted by Gasteiger charge is 2.19. The van der Waals surface area contributed by atoms with Crippen molar-refractivity contribution in [3.05, 3.63) is 29.8 Å². The van der Waals surface area contributed by atoms with E-state index in [1.54, 1.807) is 6.92 Å². The molecule has 0 aliphatic carbocycles. The number of carbonyl (C=O) groups excluding carboxylic acids is 1. The highest BCUT2D eigenvalue weighted by atomic mass is 16.2. The Balaban J connectivity index is 2.07. The molecule has 1 aliphatic rings. The maximum atomic E-state index is 11.3. The van der Waals surface area contributed by atoms with Gasteiger partial charge in [-0.1, -0.05) is 18.2 Å². The van der Waals surface area contributed by atoms with Crippen molar-refractivity contribution in [2.75, 3.05) is 31.1 Å². The van der Waals surface area contributed by atoms with E-state index >= 15 is 0 Å². The van der Waals surface area contributed by atoms with E-state index in [9.17, 15) is 4.79 Å². The van der Waals surface area contributed by atoms with Crippen molar-refractivity contribution < 1.29 is 4.79 Å². The van der Waals surface area contributed by atoms with Gasteiger partial charge in [0.15, 0.2) is 0 Å². The van der Waals surface area contributed by atoms with Gasteiger partial charge in [0.1, 0.15) is 0 Å². The van der Waals surface area contributed by atoms with E-state index in [0.29, 0.717) is 6.54 Å². The van der Waals surface area contributed by atoms with E-state index in [-0.39, 0.29) is 5.91 Å². The Morgan fingerprint density at radius 2 is 1.88 bits per heavy atom. The Labute approximate surface area is 102 Å². The molecule has 0 aromatic heterocycles. The summed E-state index contributed by atoms with van der Waals surface area (Å²) in [5.74, 6) is 0.164. The minimum atomic E-state index is 0.164. The number of nitrogens with zero attached hydrogens (tertiary/aromatic N) is 2. The Morgan fingerprint density at radius 1 is 1.24 bits per heavy atom. The Hall–Kier alpha value is -1.55. The maximum absolute atomic E-state index is 11.3. The molecule has 0 unspecified atom stereocenters. The van der Waals surface area contributed by atoms with Gasteiger partial charge < -0.3 is 15.5 Å². The van der Waals surface area contributed by atoms with Crippen LogP contribution in [0.2, 0.25) is 0 Å². The van der Waals surface area contributed by atoms with Gasteiger partial charge in [-0.25, -0.2) is 0 Å². The summed E-state index contributed by atoms with van der Waals surface area (Å²) < 4.78 is 0. The van der Waals surface area contributed by atoms with Crippen LogP contribution in [0.1, 0.15) is 12.5 Å². The van der Waals surface area contributed by atoms with Crippen LogP contribution in [0.3, 0.4) is 0 Å². The van der Waals surface area contributed by atoms with Crippen molar-refractivity contribution in [1.29, 1.82) is 0 Å². The molecule has 4 nitrogen and oxygen atoms in total. The zero-order chi connectivity index (χ0) is 12.3. The Kier molecular flexibility index (Phi) is 3.64. The summed E-state index contributed by atoms with van der Waals surface area (Å²) >= 11 is 0. The largest absolute Gasteiger partial charge is 0.368 e. The number of piperazine rings is 1. The van der Waals surface area contributed by atoms with Crippen molar-refractivity contribution in [3.63, 3.8) is 0 Å². The molecular formula is C13H19N3O. The van der Waals surface area contributed by atoms with E-state index in [1.165, 1.54) is 11.3 Å². The summed E-state index contributed by atoms with van der Waals surface area (Å²) in [5, 5.41) is 0. The monoisotopic (exact) mass is 233 g/mol. The topological polar surface area (TPSA) is 49.6 Å². The molecule has 1 saturated heterocycles. The van der Waals surface area contributed by atoms with Gasteiger partial charge in [0.25, 0.3) is 0 Å². The van der Waals surface area contributed by atoms with E-state index < -0.39 is 0 Å². The summed E-state index contributed by atoms with van der Waals surface area (Å²) in [5.41, 5.74) is 8.12. The maximum Gasteiger partial charge on any atom is 0.219 e. The molecule has 1 amide bonds. The molecule has 2 rings (SSSR count). The van der Waals surface area contributed by atoms with Gasteiger partial charge in [-0.05, 0) is 11.6 Å². The average Bonchev–Trinajstić information content (AvgIpc) is 2.39. The number of hydrogen-bond donors (Lipinski definition) is 1. The molecular weight excluding hydrogens is 214 g/mol.